The minimum atomic E-state index is -0.0148. The number of likely N-dealkylation sites (tertiary alicyclic amines) is 2. The molecule has 1 aromatic heterocycles. The molecule has 1 atom stereocenters. The molecule has 2 aromatic rings. The van der Waals surface area contributed by atoms with Crippen molar-refractivity contribution in [2.75, 3.05) is 26.2 Å². The van der Waals surface area contributed by atoms with Gasteiger partial charge in [-0.15, -0.1) is 11.3 Å². The molecule has 2 amide bonds. The molecule has 4 nitrogen and oxygen atoms in total. The fraction of sp³-hybridized carbons (Fsp3) is 0.500. The molecular weight excluding hydrogens is 332 g/mol. The first-order chi connectivity index (χ1) is 12.0. The highest BCUT2D eigenvalue weighted by Crippen LogP contribution is 2.33. The zero-order chi connectivity index (χ0) is 17.6. The fourth-order valence-corrected chi connectivity index (χ4v) is 5.18. The average molecular weight is 356 g/mol. The predicted octanol–water partition coefficient (Wildman–Crippen LogP) is 3.60. The van der Waals surface area contributed by atoms with Gasteiger partial charge in [0.15, 0.2) is 0 Å². The van der Waals surface area contributed by atoms with Crippen LogP contribution in [0.5, 0.6) is 0 Å². The molecule has 0 bridgehead atoms. The molecule has 5 heteroatoms. The largest absolute Gasteiger partial charge is 0.342 e. The van der Waals surface area contributed by atoms with Gasteiger partial charge in [-0.25, -0.2) is 0 Å². The lowest BCUT2D eigenvalue weighted by atomic mass is 10.1. The highest BCUT2D eigenvalue weighted by atomic mass is 32.1. The third-order valence-corrected chi connectivity index (χ3v) is 6.79. The summed E-state index contributed by atoms with van der Waals surface area (Å²) in [5, 5.41) is 1.18. The Kier molecular flexibility index (Phi) is 4.28. The van der Waals surface area contributed by atoms with Crippen LogP contribution in [-0.2, 0) is 4.79 Å². The molecule has 2 fully saturated rings. The first-order valence-corrected chi connectivity index (χ1v) is 9.94. The van der Waals surface area contributed by atoms with Crippen molar-refractivity contribution in [3.05, 3.63) is 34.2 Å². The van der Waals surface area contributed by atoms with Gasteiger partial charge in [-0.1, -0.05) is 17.7 Å². The van der Waals surface area contributed by atoms with E-state index >= 15 is 0 Å². The van der Waals surface area contributed by atoms with Crippen LogP contribution in [0.1, 0.15) is 40.1 Å². The van der Waals surface area contributed by atoms with Crippen molar-refractivity contribution in [2.24, 2.45) is 5.92 Å². The molecule has 132 valence electrons. The third-order valence-electron chi connectivity index (χ3n) is 5.53. The number of benzene rings is 1. The number of rotatable bonds is 2. The van der Waals surface area contributed by atoms with Crippen LogP contribution in [0, 0.1) is 19.8 Å². The average Bonchev–Trinajstić information content (AvgIpc) is 3.34. The summed E-state index contributed by atoms with van der Waals surface area (Å²) >= 11 is 1.58. The van der Waals surface area contributed by atoms with Crippen LogP contribution in [0.2, 0.25) is 0 Å². The molecule has 0 radical (unpaired) electrons. The Morgan fingerprint density at radius 3 is 2.60 bits per heavy atom. The molecule has 1 aromatic carbocycles. The zero-order valence-electron chi connectivity index (χ0n) is 14.9. The van der Waals surface area contributed by atoms with E-state index in [1.807, 2.05) is 16.7 Å². The van der Waals surface area contributed by atoms with Gasteiger partial charge in [0.2, 0.25) is 5.91 Å². The Bertz CT molecular complexity index is 836. The molecular formula is C20H24N2O2S. The van der Waals surface area contributed by atoms with Crippen molar-refractivity contribution in [3.63, 3.8) is 0 Å². The van der Waals surface area contributed by atoms with Crippen LogP contribution in [0.3, 0.4) is 0 Å². The van der Waals surface area contributed by atoms with Gasteiger partial charge in [0, 0.05) is 30.9 Å². The SMILES string of the molecule is Cc1ccc2sc(C(=O)N3CCC(C(=O)N4CCCC4)C3)c(C)c2c1. The summed E-state index contributed by atoms with van der Waals surface area (Å²) in [6.07, 6.45) is 3.02. The maximum atomic E-state index is 13.0. The van der Waals surface area contributed by atoms with Gasteiger partial charge in [0.1, 0.15) is 0 Å². The molecule has 0 aliphatic carbocycles. The van der Waals surface area contributed by atoms with Gasteiger partial charge >= 0.3 is 0 Å². The number of amides is 2. The molecule has 3 heterocycles. The predicted molar refractivity (Wildman–Crippen MR) is 101 cm³/mol. The van der Waals surface area contributed by atoms with Crippen LogP contribution < -0.4 is 0 Å². The van der Waals surface area contributed by atoms with Gasteiger partial charge in [-0.05, 0) is 50.1 Å². The second-order valence-electron chi connectivity index (χ2n) is 7.32. The van der Waals surface area contributed by atoms with Crippen molar-refractivity contribution in [2.45, 2.75) is 33.1 Å². The lowest BCUT2D eigenvalue weighted by Crippen LogP contribution is -2.36. The number of aryl methyl sites for hydroxylation is 2. The van der Waals surface area contributed by atoms with Gasteiger partial charge in [-0.3, -0.25) is 9.59 Å². The summed E-state index contributed by atoms with van der Waals surface area (Å²) in [4.78, 5) is 30.3. The van der Waals surface area contributed by atoms with E-state index in [0.717, 1.165) is 47.5 Å². The number of thiophene rings is 1. The van der Waals surface area contributed by atoms with E-state index in [2.05, 4.69) is 25.1 Å². The topological polar surface area (TPSA) is 40.6 Å². The van der Waals surface area contributed by atoms with Gasteiger partial charge in [-0.2, -0.15) is 0 Å². The first-order valence-electron chi connectivity index (χ1n) is 9.12. The molecule has 0 spiro atoms. The molecule has 1 unspecified atom stereocenters. The van der Waals surface area contributed by atoms with Gasteiger partial charge < -0.3 is 9.80 Å². The minimum Gasteiger partial charge on any atom is -0.342 e. The van der Waals surface area contributed by atoms with Crippen molar-refractivity contribution >= 4 is 33.2 Å². The van der Waals surface area contributed by atoms with E-state index in [0.29, 0.717) is 13.1 Å². The van der Waals surface area contributed by atoms with Crippen molar-refractivity contribution in [1.82, 2.24) is 9.80 Å². The third kappa shape index (κ3) is 2.95. The van der Waals surface area contributed by atoms with Crippen molar-refractivity contribution in [1.29, 1.82) is 0 Å². The fourth-order valence-electron chi connectivity index (χ4n) is 4.02. The Balaban J connectivity index is 1.52. The molecule has 25 heavy (non-hydrogen) atoms. The Labute approximate surface area is 152 Å². The maximum absolute atomic E-state index is 13.0. The number of carbonyl (C=O) groups is 2. The summed E-state index contributed by atoms with van der Waals surface area (Å²) in [5.74, 6) is 0.323. The van der Waals surface area contributed by atoms with E-state index in [4.69, 9.17) is 0 Å². The zero-order valence-corrected chi connectivity index (χ0v) is 15.7. The normalized spacial score (nSPS) is 20.6. The van der Waals surface area contributed by atoms with E-state index < -0.39 is 0 Å². The van der Waals surface area contributed by atoms with Crippen LogP contribution >= 0.6 is 11.3 Å². The summed E-state index contributed by atoms with van der Waals surface area (Å²) in [5.41, 5.74) is 2.29. The monoisotopic (exact) mass is 356 g/mol. The maximum Gasteiger partial charge on any atom is 0.264 e. The van der Waals surface area contributed by atoms with E-state index in [9.17, 15) is 9.59 Å². The van der Waals surface area contributed by atoms with Crippen molar-refractivity contribution < 1.29 is 9.59 Å². The van der Waals surface area contributed by atoms with Crippen LogP contribution in [0.4, 0.5) is 0 Å². The van der Waals surface area contributed by atoms with E-state index in [-0.39, 0.29) is 17.7 Å². The number of carbonyl (C=O) groups excluding carboxylic acids is 2. The molecule has 0 N–H and O–H groups in total. The lowest BCUT2D eigenvalue weighted by molar-refractivity contribution is -0.133. The standard InChI is InChI=1S/C20H24N2O2S/c1-13-5-6-17-16(11-13)14(2)18(25-17)20(24)22-10-7-15(12-22)19(23)21-8-3-4-9-21/h5-6,11,15H,3-4,7-10,12H2,1-2H3. The molecule has 0 saturated carbocycles. The summed E-state index contributed by atoms with van der Waals surface area (Å²) in [6.45, 7) is 7.15. The number of hydrogen-bond donors (Lipinski definition) is 0. The van der Waals surface area contributed by atoms with Crippen LogP contribution in [0.25, 0.3) is 10.1 Å². The summed E-state index contributed by atoms with van der Waals surface area (Å²) in [7, 11) is 0. The highest BCUT2D eigenvalue weighted by Gasteiger charge is 2.35. The second-order valence-corrected chi connectivity index (χ2v) is 8.38. The Morgan fingerprint density at radius 1 is 1.08 bits per heavy atom. The van der Waals surface area contributed by atoms with E-state index in [1.165, 1.54) is 10.9 Å². The van der Waals surface area contributed by atoms with Gasteiger partial charge in [0.25, 0.3) is 5.91 Å². The second kappa shape index (κ2) is 6.45. The smallest absolute Gasteiger partial charge is 0.264 e. The molecule has 2 aliphatic rings. The lowest BCUT2D eigenvalue weighted by Gasteiger charge is -2.20. The van der Waals surface area contributed by atoms with Crippen molar-refractivity contribution in [3.8, 4) is 0 Å². The number of fused-ring (bicyclic) bond motifs is 1. The van der Waals surface area contributed by atoms with Crippen LogP contribution in [0.15, 0.2) is 18.2 Å². The first kappa shape index (κ1) is 16.6. The van der Waals surface area contributed by atoms with Crippen LogP contribution in [-0.4, -0.2) is 47.8 Å². The number of hydrogen-bond acceptors (Lipinski definition) is 3. The molecule has 2 aliphatic heterocycles. The highest BCUT2D eigenvalue weighted by molar-refractivity contribution is 7.21. The molecule has 4 rings (SSSR count). The van der Waals surface area contributed by atoms with E-state index in [1.54, 1.807) is 11.3 Å². The quantitative estimate of drug-likeness (QED) is 0.825. The summed E-state index contributed by atoms with van der Waals surface area (Å²) in [6, 6.07) is 6.34. The Morgan fingerprint density at radius 2 is 1.84 bits per heavy atom. The van der Waals surface area contributed by atoms with Gasteiger partial charge in [0.05, 0.1) is 10.8 Å². The Hall–Kier alpha value is -1.88. The number of nitrogens with zero attached hydrogens (tertiary/aromatic N) is 2. The molecule has 2 saturated heterocycles. The summed E-state index contributed by atoms with van der Waals surface area (Å²) < 4.78 is 1.16. The minimum absolute atomic E-state index is 0.0148.